The van der Waals surface area contributed by atoms with Crippen molar-refractivity contribution in [1.29, 1.82) is 0 Å². The normalized spacial score (nSPS) is 19.1. The minimum Gasteiger partial charge on any atom is -0.453 e. The molecule has 6 atom stereocenters. The highest BCUT2D eigenvalue weighted by Gasteiger charge is 2.58. The number of benzene rings is 2. The Hall–Kier alpha value is -7.22. The summed E-state index contributed by atoms with van der Waals surface area (Å²) in [7, 11) is 1.60. The number of allylic oxidation sites excluding steroid dienone is 1. The first-order valence-corrected chi connectivity index (χ1v) is 25.6. The second-order valence-electron chi connectivity index (χ2n) is 21.5. The van der Waals surface area contributed by atoms with Gasteiger partial charge in [0, 0.05) is 78.6 Å². The van der Waals surface area contributed by atoms with Crippen molar-refractivity contribution in [1.82, 2.24) is 36.3 Å². The van der Waals surface area contributed by atoms with E-state index < -0.39 is 126 Å². The van der Waals surface area contributed by atoms with E-state index >= 15 is 8.78 Å². The molecule has 3 aliphatic heterocycles. The molecule has 18 nitrogen and oxygen atoms in total. The molecule has 2 bridgehead atoms. The molecule has 1 aromatic heterocycles. The first kappa shape index (κ1) is 64.0. The molecule has 82 heavy (non-hydrogen) atoms. The summed E-state index contributed by atoms with van der Waals surface area (Å²) in [6.45, 7) is 2.11. The number of aliphatic imine (C=N–C) groups is 1. The number of aliphatic hydroxyl groups excluding tert-OH is 1. The van der Waals surface area contributed by atoms with E-state index in [1.807, 2.05) is 22.9 Å². The predicted octanol–water partition coefficient (Wildman–Crippen LogP) is 6.34. The molecule has 0 saturated carbocycles. The van der Waals surface area contributed by atoms with Crippen molar-refractivity contribution >= 4 is 41.7 Å². The SMILES string of the molecule is COC(=O)N[C@H](C(=O)N[C@@H](Cc1ccc(C#Cc2ccc(N3CC4CCC(C3)N4C3(C)COC3)nc2)cc1)[C@@H](O)CN(Cc1c(F)cc(C(N)=CC=NC(F)F)cc1F)NC(=O)[C@@H](NC(=O)OC)C(C)(C)C(F)(F)F)C(C)(C)C(F)(F)F. The Morgan fingerprint density at radius 2 is 1.38 bits per heavy atom. The van der Waals surface area contributed by atoms with Crippen LogP contribution >= 0.6 is 0 Å². The fourth-order valence-electron chi connectivity index (χ4n) is 9.78. The number of nitrogens with one attached hydrogen (secondary N) is 4. The van der Waals surface area contributed by atoms with Crippen LogP contribution in [0, 0.1) is 34.3 Å². The molecule has 0 aliphatic carbocycles. The molecular weight excluding hydrogens is 1110 g/mol. The number of rotatable bonds is 20. The molecular formula is C54H64F10N10O8. The van der Waals surface area contributed by atoms with Gasteiger partial charge in [-0.2, -0.15) is 35.1 Å². The maximum atomic E-state index is 16.0. The summed E-state index contributed by atoms with van der Waals surface area (Å²) in [4.78, 5) is 65.2. The van der Waals surface area contributed by atoms with Gasteiger partial charge in [-0.15, -0.1) is 0 Å². The number of alkyl halides is 8. The molecule has 4 amide bonds. The molecule has 6 rings (SSSR count). The van der Waals surface area contributed by atoms with Crippen molar-refractivity contribution in [2.24, 2.45) is 21.6 Å². The Bertz CT molecular complexity index is 2860. The first-order valence-electron chi connectivity index (χ1n) is 25.6. The number of ether oxygens (including phenoxy) is 3. The number of hydrogen-bond acceptors (Lipinski definition) is 14. The summed E-state index contributed by atoms with van der Waals surface area (Å²) in [5, 5.41) is 18.5. The molecule has 0 radical (unpaired) electrons. The van der Waals surface area contributed by atoms with Gasteiger partial charge in [-0.1, -0.05) is 24.0 Å². The first-order chi connectivity index (χ1) is 38.3. The second-order valence-corrected chi connectivity index (χ2v) is 21.5. The summed E-state index contributed by atoms with van der Waals surface area (Å²) < 4.78 is 159. The predicted molar refractivity (Wildman–Crippen MR) is 278 cm³/mol. The zero-order valence-corrected chi connectivity index (χ0v) is 45.7. The van der Waals surface area contributed by atoms with Crippen LogP contribution in [0.5, 0.6) is 0 Å². The standard InChI is InChI=1S/C54H64F10N10O8/c1-50(2,53(59,60)61)43(69-48(78)80-6)45(76)68-40(20-31-11-8-30(9-12-31)10-13-32-14-17-42(67-23-32)72-24-34-15-16-35(25-72)74(34)52(5)28-82-29-52)41(75)27-73(71-46(77)44(70-49(79)81-7)51(3,4)54(62,63)64)26-36-37(55)21-33(22-38(36)56)39(65)18-19-66-47(57)58/h8-9,11-12,14,17-19,21-23,34-35,40-41,43-44,47,75H,15-16,20,24-29,65H2,1-7H3,(H,68,76)(H,69,78)(H,70,79)(H,71,77)/t34?,35?,40-,41-,43+,44+/m0/s1. The van der Waals surface area contributed by atoms with Crippen LogP contribution < -0.4 is 32.0 Å². The third-order valence-electron chi connectivity index (χ3n) is 14.8. The topological polar surface area (TPSA) is 225 Å². The average molecular weight is 1170 g/mol. The van der Waals surface area contributed by atoms with Crippen LogP contribution in [0.15, 0.2) is 65.8 Å². The highest BCUT2D eigenvalue weighted by atomic mass is 19.4. The van der Waals surface area contributed by atoms with E-state index in [-0.39, 0.29) is 11.1 Å². The lowest BCUT2D eigenvalue weighted by molar-refractivity contribution is -0.221. The number of hydrogen-bond donors (Lipinski definition) is 6. The van der Waals surface area contributed by atoms with Crippen LogP contribution in [-0.2, 0) is 36.8 Å². The lowest BCUT2D eigenvalue weighted by Gasteiger charge is -2.54. The third-order valence-corrected chi connectivity index (χ3v) is 14.8. The van der Waals surface area contributed by atoms with Crippen LogP contribution in [-0.4, -0.2) is 158 Å². The number of carbonyl (C=O) groups excluding carboxylic acids is 4. The monoisotopic (exact) mass is 1170 g/mol. The Kier molecular flexibility index (Phi) is 20.2. The summed E-state index contributed by atoms with van der Waals surface area (Å²) in [5.41, 5.74) is 1.19. The zero-order chi connectivity index (χ0) is 60.7. The van der Waals surface area contributed by atoms with Gasteiger partial charge in [-0.3, -0.25) is 19.9 Å². The van der Waals surface area contributed by atoms with Crippen molar-refractivity contribution in [3.63, 3.8) is 0 Å². The average Bonchev–Trinajstić information content (AvgIpc) is 2.94. The number of methoxy groups -OCH3 is 2. The van der Waals surface area contributed by atoms with Crippen LogP contribution in [0.2, 0.25) is 0 Å². The van der Waals surface area contributed by atoms with E-state index in [2.05, 4.69) is 53.3 Å². The molecule has 3 aliphatic rings. The third kappa shape index (κ3) is 15.3. The summed E-state index contributed by atoms with van der Waals surface area (Å²) >= 11 is 0. The number of alkyl carbamates (subject to hydrolysis) is 2. The van der Waals surface area contributed by atoms with Crippen LogP contribution in [0.1, 0.15) is 75.3 Å². The van der Waals surface area contributed by atoms with Crippen molar-refractivity contribution in [2.45, 2.75) is 121 Å². The van der Waals surface area contributed by atoms with Gasteiger partial charge >= 0.3 is 31.1 Å². The minimum absolute atomic E-state index is 0.0403. The quantitative estimate of drug-likeness (QED) is 0.0239. The number of halogens is 10. The largest absolute Gasteiger partial charge is 0.453 e. The molecule has 3 fully saturated rings. The van der Waals surface area contributed by atoms with Crippen molar-refractivity contribution in [3.8, 4) is 11.8 Å². The van der Waals surface area contributed by atoms with E-state index in [0.717, 1.165) is 52.0 Å². The Morgan fingerprint density at radius 3 is 1.85 bits per heavy atom. The molecule has 3 saturated heterocycles. The molecule has 28 heteroatoms. The number of fused-ring (bicyclic) bond motifs is 2. The number of carbonyl (C=O) groups is 4. The highest BCUT2D eigenvalue weighted by molar-refractivity contribution is 5.87. The van der Waals surface area contributed by atoms with E-state index in [9.17, 15) is 59.4 Å². The summed E-state index contributed by atoms with van der Waals surface area (Å²) in [6, 6.07) is 4.97. The smallest absolute Gasteiger partial charge is 0.407 e. The number of aromatic nitrogens is 1. The fraction of sp³-hybridized carbons (Fsp3) is 0.519. The maximum Gasteiger partial charge on any atom is 0.407 e. The van der Waals surface area contributed by atoms with Gasteiger partial charge in [0.05, 0.1) is 55.9 Å². The molecule has 7 N–H and O–H groups in total. The minimum atomic E-state index is -5.24. The second kappa shape index (κ2) is 25.9. The Balaban J connectivity index is 1.31. The van der Waals surface area contributed by atoms with Crippen molar-refractivity contribution in [3.05, 3.63) is 100 Å². The van der Waals surface area contributed by atoms with Gasteiger partial charge in [0.25, 0.3) is 5.91 Å². The number of aliphatic hydroxyl groups is 1. The van der Waals surface area contributed by atoms with Gasteiger partial charge in [0.2, 0.25) is 5.91 Å². The van der Waals surface area contributed by atoms with Gasteiger partial charge < -0.3 is 45.9 Å². The molecule has 2 unspecified atom stereocenters. The van der Waals surface area contributed by atoms with Gasteiger partial charge in [-0.05, 0) is 102 Å². The highest BCUT2D eigenvalue weighted by Crippen LogP contribution is 2.43. The Morgan fingerprint density at radius 1 is 0.854 bits per heavy atom. The van der Waals surface area contributed by atoms with Crippen LogP contribution in [0.25, 0.3) is 5.70 Å². The number of amides is 4. The number of anilines is 1. The van der Waals surface area contributed by atoms with Crippen molar-refractivity contribution in [2.75, 3.05) is 52.0 Å². The summed E-state index contributed by atoms with van der Waals surface area (Å²) in [5.74, 6) is 0.731. The molecule has 448 valence electrons. The lowest BCUT2D eigenvalue weighted by atomic mass is 9.82. The number of hydrazine groups is 1. The van der Waals surface area contributed by atoms with E-state index in [1.54, 1.807) is 23.6 Å². The Labute approximate surface area is 466 Å². The van der Waals surface area contributed by atoms with Crippen molar-refractivity contribution < 1.29 is 82.4 Å². The number of nitrogens with zero attached hydrogens (tertiary/aromatic N) is 5. The lowest BCUT2D eigenvalue weighted by Crippen LogP contribution is -2.68. The van der Waals surface area contributed by atoms with Gasteiger partial charge in [0.1, 0.15) is 29.5 Å². The maximum absolute atomic E-state index is 16.0. The van der Waals surface area contributed by atoms with Gasteiger partial charge in [-0.25, -0.2) is 33.4 Å². The van der Waals surface area contributed by atoms with Gasteiger partial charge in [0.15, 0.2) is 0 Å². The number of nitrogens with two attached hydrogens (primary N) is 1. The van der Waals surface area contributed by atoms with Crippen LogP contribution in [0.3, 0.4) is 0 Å². The molecule has 2 aromatic carbocycles. The van der Waals surface area contributed by atoms with Crippen LogP contribution in [0.4, 0.5) is 59.3 Å². The molecule has 4 heterocycles. The van der Waals surface area contributed by atoms with E-state index in [0.29, 0.717) is 87.5 Å². The number of pyridine rings is 1. The fourth-order valence-corrected chi connectivity index (χ4v) is 9.78. The molecule has 0 spiro atoms. The van der Waals surface area contributed by atoms with E-state index in [4.69, 9.17) is 10.5 Å². The zero-order valence-electron chi connectivity index (χ0n) is 45.7. The van der Waals surface area contributed by atoms with E-state index in [1.165, 1.54) is 12.1 Å². The number of piperazine rings is 1. The molecule has 3 aromatic rings. The summed E-state index contributed by atoms with van der Waals surface area (Å²) in [6.07, 6.45) is -10.9.